The summed E-state index contributed by atoms with van der Waals surface area (Å²) in [7, 11) is 0. The first-order valence-electron chi connectivity index (χ1n) is 3.95. The molecule has 1 aliphatic carbocycles. The molecule has 0 heterocycles. The largest absolute Gasteiger partial charge is 0.320 e. The van der Waals surface area contributed by atoms with Gasteiger partial charge in [0.1, 0.15) is 0 Å². The first-order valence-corrected chi connectivity index (χ1v) is 3.95. The van der Waals surface area contributed by atoms with Gasteiger partial charge in [-0.3, -0.25) is 4.79 Å². The lowest BCUT2D eigenvalue weighted by atomic mass is 9.77. The summed E-state index contributed by atoms with van der Waals surface area (Å²) in [6, 6.07) is 0. The third-order valence-electron chi connectivity index (χ3n) is 1.82. The van der Waals surface area contributed by atoms with E-state index in [1.807, 2.05) is 6.92 Å². The first-order chi connectivity index (χ1) is 5.49. The predicted octanol–water partition coefficient (Wildman–Crippen LogP) is 1.66. The number of carbonyl (C=O) groups is 1. The van der Waals surface area contributed by atoms with E-state index in [0.717, 1.165) is 6.42 Å². The van der Waals surface area contributed by atoms with Crippen molar-refractivity contribution in [3.05, 3.63) is 11.6 Å². The Hall–Kier alpha value is -0.670. The lowest BCUT2D eigenvalue weighted by Crippen LogP contribution is -2.20. The second-order valence-electron chi connectivity index (χ2n) is 3.97. The van der Waals surface area contributed by atoms with Crippen LogP contribution in [0, 0.1) is 5.41 Å². The van der Waals surface area contributed by atoms with Gasteiger partial charge in [0, 0.05) is 6.42 Å². The van der Waals surface area contributed by atoms with E-state index in [1.54, 1.807) is 6.08 Å². The molecule has 12 heavy (non-hydrogen) atoms. The topological polar surface area (TPSA) is 63.3 Å². The smallest absolute Gasteiger partial charge is 0.156 e. The molecule has 3 heteroatoms. The van der Waals surface area contributed by atoms with E-state index in [1.165, 1.54) is 5.57 Å². The maximum absolute atomic E-state index is 11.0. The van der Waals surface area contributed by atoms with Crippen molar-refractivity contribution < 1.29 is 10.0 Å². The third kappa shape index (κ3) is 3.64. The van der Waals surface area contributed by atoms with E-state index >= 15 is 0 Å². The number of rotatable bonds is 0. The van der Waals surface area contributed by atoms with E-state index in [4.69, 9.17) is 5.21 Å². The second kappa shape index (κ2) is 4.38. The minimum atomic E-state index is 0.204. The van der Waals surface area contributed by atoms with Crippen LogP contribution in [0.2, 0.25) is 0 Å². The molecule has 0 radical (unpaired) electrons. The lowest BCUT2D eigenvalue weighted by Gasteiger charge is -2.27. The highest BCUT2D eigenvalue weighted by Crippen LogP contribution is 2.32. The van der Waals surface area contributed by atoms with Crippen LogP contribution in [0.1, 0.15) is 33.6 Å². The van der Waals surface area contributed by atoms with E-state index in [2.05, 4.69) is 19.7 Å². The van der Waals surface area contributed by atoms with Gasteiger partial charge in [-0.25, -0.2) is 5.90 Å². The van der Waals surface area contributed by atoms with Crippen molar-refractivity contribution in [3.63, 3.8) is 0 Å². The fourth-order valence-electron chi connectivity index (χ4n) is 1.67. The Kier molecular flexibility index (Phi) is 4.13. The molecule has 70 valence electrons. The molecule has 3 N–H and O–H groups in total. The maximum atomic E-state index is 11.0. The van der Waals surface area contributed by atoms with Gasteiger partial charge in [0.05, 0.1) is 0 Å². The van der Waals surface area contributed by atoms with E-state index < -0.39 is 0 Å². The molecule has 0 saturated heterocycles. The molecular weight excluding hydrogens is 154 g/mol. The highest BCUT2D eigenvalue weighted by Gasteiger charge is 2.25. The molecule has 0 unspecified atom stereocenters. The van der Waals surface area contributed by atoms with E-state index in [-0.39, 0.29) is 11.2 Å². The number of hydrogen-bond acceptors (Lipinski definition) is 3. The number of hydrogen-bond donors (Lipinski definition) is 2. The van der Waals surface area contributed by atoms with Crippen molar-refractivity contribution in [1.29, 1.82) is 0 Å². The van der Waals surface area contributed by atoms with Gasteiger partial charge in [-0.2, -0.15) is 0 Å². The summed E-state index contributed by atoms with van der Waals surface area (Å²) in [5.41, 5.74) is 1.43. The lowest BCUT2D eigenvalue weighted by molar-refractivity contribution is -0.117. The fourth-order valence-corrected chi connectivity index (χ4v) is 1.67. The average Bonchev–Trinajstić information content (AvgIpc) is 1.85. The summed E-state index contributed by atoms with van der Waals surface area (Å²) in [6.45, 7) is 6.31. The van der Waals surface area contributed by atoms with Gasteiger partial charge < -0.3 is 5.21 Å². The highest BCUT2D eigenvalue weighted by molar-refractivity contribution is 5.91. The molecule has 1 aliphatic rings. The molecule has 0 fully saturated rings. The maximum Gasteiger partial charge on any atom is 0.156 e. The van der Waals surface area contributed by atoms with Crippen LogP contribution >= 0.6 is 0 Å². The van der Waals surface area contributed by atoms with Gasteiger partial charge in [-0.1, -0.05) is 19.4 Å². The molecule has 0 aromatic rings. The molecule has 0 bridgehead atoms. The average molecular weight is 171 g/mol. The minimum Gasteiger partial charge on any atom is -0.320 e. The summed E-state index contributed by atoms with van der Waals surface area (Å²) in [5.74, 6) is 3.79. The van der Waals surface area contributed by atoms with Crippen LogP contribution in [0.15, 0.2) is 11.6 Å². The Morgan fingerprint density at radius 2 is 1.92 bits per heavy atom. The molecule has 0 aliphatic heterocycles. The first kappa shape index (κ1) is 11.3. The van der Waals surface area contributed by atoms with Crippen molar-refractivity contribution >= 4 is 5.78 Å². The SMILES string of the molecule is CC1=CC(=O)CC(C)(C)C1.NO. The molecule has 0 amide bonds. The Balaban J connectivity index is 0.000000561. The number of carbonyl (C=O) groups excluding carboxylic acids is 1. The Bertz CT molecular complexity index is 195. The third-order valence-corrected chi connectivity index (χ3v) is 1.82. The molecule has 1 rings (SSSR count). The van der Waals surface area contributed by atoms with E-state index in [0.29, 0.717) is 6.42 Å². The van der Waals surface area contributed by atoms with Crippen LogP contribution < -0.4 is 5.90 Å². The summed E-state index contributed by atoms with van der Waals surface area (Å²) < 4.78 is 0. The fraction of sp³-hybridized carbons (Fsp3) is 0.667. The van der Waals surface area contributed by atoms with Crippen LogP contribution in [0.3, 0.4) is 0 Å². The Morgan fingerprint density at radius 3 is 2.25 bits per heavy atom. The minimum absolute atomic E-state index is 0.204. The zero-order valence-corrected chi connectivity index (χ0v) is 7.92. The summed E-state index contributed by atoms with van der Waals surface area (Å²) in [6.07, 6.45) is 3.55. The Morgan fingerprint density at radius 1 is 1.42 bits per heavy atom. The summed E-state index contributed by atoms with van der Waals surface area (Å²) in [4.78, 5) is 11.0. The standard InChI is InChI=1S/C9H14O.H3NO/c1-7-4-8(10)6-9(2,3)5-7;1-2/h4H,5-6H2,1-3H3;2H,1H2. The molecule has 0 aromatic carbocycles. The highest BCUT2D eigenvalue weighted by atomic mass is 16.4. The quantitative estimate of drug-likeness (QED) is 0.545. The molecule has 0 saturated carbocycles. The molecule has 3 nitrogen and oxygen atoms in total. The molecule has 0 spiro atoms. The van der Waals surface area contributed by atoms with Crippen LogP contribution in [-0.4, -0.2) is 11.0 Å². The number of allylic oxidation sites excluding steroid dienone is 2. The molecular formula is C9H17NO2. The van der Waals surface area contributed by atoms with Gasteiger partial charge in [0.2, 0.25) is 0 Å². The van der Waals surface area contributed by atoms with Gasteiger partial charge in [0.15, 0.2) is 5.78 Å². The Labute approximate surface area is 73.2 Å². The number of ketones is 1. The predicted molar refractivity (Wildman–Crippen MR) is 47.8 cm³/mol. The normalized spacial score (nSPS) is 20.8. The zero-order chi connectivity index (χ0) is 9.78. The number of nitrogens with two attached hydrogens (primary N) is 1. The van der Waals surface area contributed by atoms with Crippen LogP contribution in [0.4, 0.5) is 0 Å². The van der Waals surface area contributed by atoms with Crippen LogP contribution in [0.5, 0.6) is 0 Å². The van der Waals surface area contributed by atoms with Crippen molar-refractivity contribution in [2.75, 3.05) is 0 Å². The van der Waals surface area contributed by atoms with Crippen molar-refractivity contribution in [2.45, 2.75) is 33.6 Å². The van der Waals surface area contributed by atoms with Crippen molar-refractivity contribution in [1.82, 2.24) is 0 Å². The molecule has 0 atom stereocenters. The van der Waals surface area contributed by atoms with Gasteiger partial charge in [-0.05, 0) is 24.8 Å². The van der Waals surface area contributed by atoms with Crippen LogP contribution in [-0.2, 0) is 4.79 Å². The van der Waals surface area contributed by atoms with Gasteiger partial charge >= 0.3 is 0 Å². The van der Waals surface area contributed by atoms with Gasteiger partial charge in [-0.15, -0.1) is 0 Å². The monoisotopic (exact) mass is 171 g/mol. The van der Waals surface area contributed by atoms with Crippen molar-refractivity contribution in [2.24, 2.45) is 11.3 Å². The van der Waals surface area contributed by atoms with Gasteiger partial charge in [0.25, 0.3) is 0 Å². The van der Waals surface area contributed by atoms with E-state index in [9.17, 15) is 4.79 Å². The zero-order valence-electron chi connectivity index (χ0n) is 7.92. The van der Waals surface area contributed by atoms with Crippen molar-refractivity contribution in [3.8, 4) is 0 Å². The molecule has 0 aromatic heterocycles. The summed E-state index contributed by atoms with van der Waals surface area (Å²) >= 11 is 0. The summed E-state index contributed by atoms with van der Waals surface area (Å²) in [5, 5.41) is 6.50. The van der Waals surface area contributed by atoms with Crippen LogP contribution in [0.25, 0.3) is 0 Å². The second-order valence-corrected chi connectivity index (χ2v) is 3.97.